The monoisotopic (exact) mass is 143 g/mol. The van der Waals surface area contributed by atoms with Gasteiger partial charge in [0.25, 0.3) is 0 Å². The van der Waals surface area contributed by atoms with Crippen molar-refractivity contribution in [3.63, 3.8) is 0 Å². The maximum atomic E-state index is 10.8. The van der Waals surface area contributed by atoms with E-state index in [4.69, 9.17) is 5.11 Å². The highest BCUT2D eigenvalue weighted by Gasteiger charge is 2.04. The second-order valence-corrected chi connectivity index (χ2v) is 2.34. The van der Waals surface area contributed by atoms with Gasteiger partial charge in [0.2, 0.25) is 5.91 Å². The van der Waals surface area contributed by atoms with Crippen LogP contribution >= 0.6 is 0 Å². The predicted molar refractivity (Wildman–Crippen MR) is 39.5 cm³/mol. The molecule has 1 amide bonds. The SMILES string of the molecule is C=C(C)C(=O)N[C@@H](C)CO. The third-order valence-electron chi connectivity index (χ3n) is 1.04. The fourth-order valence-electron chi connectivity index (χ4n) is 0.393. The first-order chi connectivity index (χ1) is 4.57. The maximum Gasteiger partial charge on any atom is 0.246 e. The fourth-order valence-corrected chi connectivity index (χ4v) is 0.393. The number of hydrogen-bond donors (Lipinski definition) is 2. The summed E-state index contributed by atoms with van der Waals surface area (Å²) in [5.41, 5.74) is 0.459. The lowest BCUT2D eigenvalue weighted by molar-refractivity contribution is -0.118. The van der Waals surface area contributed by atoms with Crippen LogP contribution in [-0.2, 0) is 4.79 Å². The Morgan fingerprint density at radius 3 is 2.60 bits per heavy atom. The third-order valence-corrected chi connectivity index (χ3v) is 1.04. The molecular formula is C7H13NO2. The number of carbonyl (C=O) groups excluding carboxylic acids is 1. The summed E-state index contributed by atoms with van der Waals surface area (Å²) in [6, 6.07) is -0.191. The Bertz CT molecular complexity index is 143. The van der Waals surface area contributed by atoms with E-state index in [2.05, 4.69) is 11.9 Å². The molecule has 0 aromatic heterocycles. The zero-order chi connectivity index (χ0) is 8.15. The molecule has 0 saturated carbocycles. The molecule has 0 aliphatic rings. The lowest BCUT2D eigenvalue weighted by Crippen LogP contribution is -2.35. The Labute approximate surface area is 60.7 Å². The second-order valence-electron chi connectivity index (χ2n) is 2.34. The molecule has 3 nitrogen and oxygen atoms in total. The molecular weight excluding hydrogens is 130 g/mol. The van der Waals surface area contributed by atoms with E-state index in [1.165, 1.54) is 0 Å². The Balaban J connectivity index is 3.68. The minimum absolute atomic E-state index is 0.0426. The summed E-state index contributed by atoms with van der Waals surface area (Å²) < 4.78 is 0. The molecule has 1 atom stereocenters. The average molecular weight is 143 g/mol. The highest BCUT2D eigenvalue weighted by Crippen LogP contribution is 1.87. The molecule has 0 spiro atoms. The quantitative estimate of drug-likeness (QED) is 0.549. The van der Waals surface area contributed by atoms with Crippen LogP contribution in [0, 0.1) is 0 Å². The van der Waals surface area contributed by atoms with Crippen LogP contribution in [0.5, 0.6) is 0 Å². The molecule has 0 aromatic rings. The van der Waals surface area contributed by atoms with E-state index in [1.54, 1.807) is 13.8 Å². The van der Waals surface area contributed by atoms with Gasteiger partial charge in [-0.05, 0) is 13.8 Å². The lowest BCUT2D eigenvalue weighted by atomic mass is 10.3. The molecule has 0 aromatic carbocycles. The molecule has 0 aliphatic carbocycles. The van der Waals surface area contributed by atoms with E-state index in [1.807, 2.05) is 0 Å². The minimum atomic E-state index is -0.207. The first-order valence-electron chi connectivity index (χ1n) is 3.15. The first-order valence-corrected chi connectivity index (χ1v) is 3.15. The van der Waals surface area contributed by atoms with Crippen molar-refractivity contribution < 1.29 is 9.90 Å². The highest BCUT2D eigenvalue weighted by atomic mass is 16.3. The smallest absolute Gasteiger partial charge is 0.246 e. The van der Waals surface area contributed by atoms with E-state index in [-0.39, 0.29) is 18.6 Å². The summed E-state index contributed by atoms with van der Waals surface area (Å²) in [6.45, 7) is 6.75. The van der Waals surface area contributed by atoms with Crippen molar-refractivity contribution in [3.8, 4) is 0 Å². The third kappa shape index (κ3) is 3.25. The molecule has 2 N–H and O–H groups in total. The van der Waals surface area contributed by atoms with Crippen molar-refractivity contribution in [2.75, 3.05) is 6.61 Å². The van der Waals surface area contributed by atoms with E-state index < -0.39 is 0 Å². The zero-order valence-electron chi connectivity index (χ0n) is 6.35. The van der Waals surface area contributed by atoms with Crippen molar-refractivity contribution in [2.45, 2.75) is 19.9 Å². The van der Waals surface area contributed by atoms with Crippen LogP contribution in [0.25, 0.3) is 0 Å². The number of carbonyl (C=O) groups is 1. The van der Waals surface area contributed by atoms with Crippen molar-refractivity contribution in [3.05, 3.63) is 12.2 Å². The van der Waals surface area contributed by atoms with Crippen molar-refractivity contribution in [1.29, 1.82) is 0 Å². The van der Waals surface area contributed by atoms with E-state index in [0.29, 0.717) is 5.57 Å². The highest BCUT2D eigenvalue weighted by molar-refractivity contribution is 5.92. The number of aliphatic hydroxyl groups is 1. The van der Waals surface area contributed by atoms with Gasteiger partial charge in [-0.15, -0.1) is 0 Å². The Hall–Kier alpha value is -0.830. The number of nitrogens with one attached hydrogen (secondary N) is 1. The molecule has 0 fully saturated rings. The van der Waals surface area contributed by atoms with Crippen LogP contribution in [-0.4, -0.2) is 23.7 Å². The van der Waals surface area contributed by atoms with Crippen LogP contribution in [0.1, 0.15) is 13.8 Å². The summed E-state index contributed by atoms with van der Waals surface area (Å²) >= 11 is 0. The number of aliphatic hydroxyl groups excluding tert-OH is 1. The molecule has 0 heterocycles. The van der Waals surface area contributed by atoms with Gasteiger partial charge in [-0.25, -0.2) is 0 Å². The molecule has 0 aliphatic heterocycles. The van der Waals surface area contributed by atoms with Crippen LogP contribution in [0.2, 0.25) is 0 Å². The van der Waals surface area contributed by atoms with Gasteiger partial charge in [0.15, 0.2) is 0 Å². The van der Waals surface area contributed by atoms with Gasteiger partial charge in [0, 0.05) is 11.6 Å². The van der Waals surface area contributed by atoms with E-state index in [9.17, 15) is 4.79 Å². The largest absolute Gasteiger partial charge is 0.394 e. The predicted octanol–water partition coefficient (Wildman–Crippen LogP) is 0.0595. The Morgan fingerprint density at radius 1 is 1.80 bits per heavy atom. The summed E-state index contributed by atoms with van der Waals surface area (Å²) in [7, 11) is 0. The van der Waals surface area contributed by atoms with Gasteiger partial charge in [0.1, 0.15) is 0 Å². The molecule has 0 radical (unpaired) electrons. The molecule has 58 valence electrons. The Morgan fingerprint density at radius 2 is 2.30 bits per heavy atom. The van der Waals surface area contributed by atoms with E-state index >= 15 is 0 Å². The molecule has 0 rings (SSSR count). The van der Waals surface area contributed by atoms with Crippen LogP contribution in [0.4, 0.5) is 0 Å². The number of rotatable bonds is 3. The van der Waals surface area contributed by atoms with Crippen LogP contribution < -0.4 is 5.32 Å². The first kappa shape index (κ1) is 9.17. The van der Waals surface area contributed by atoms with Crippen molar-refractivity contribution >= 4 is 5.91 Å². The van der Waals surface area contributed by atoms with Gasteiger partial charge < -0.3 is 10.4 Å². The topological polar surface area (TPSA) is 49.3 Å². The van der Waals surface area contributed by atoms with Crippen LogP contribution in [0.3, 0.4) is 0 Å². The Kier molecular flexibility index (Phi) is 3.72. The minimum Gasteiger partial charge on any atom is -0.394 e. The van der Waals surface area contributed by atoms with Gasteiger partial charge in [0.05, 0.1) is 6.61 Å². The normalized spacial score (nSPS) is 12.3. The van der Waals surface area contributed by atoms with Gasteiger partial charge >= 0.3 is 0 Å². The van der Waals surface area contributed by atoms with Gasteiger partial charge in [-0.2, -0.15) is 0 Å². The molecule has 0 unspecified atom stereocenters. The molecule has 10 heavy (non-hydrogen) atoms. The lowest BCUT2D eigenvalue weighted by Gasteiger charge is -2.09. The summed E-state index contributed by atoms with van der Waals surface area (Å²) in [4.78, 5) is 10.8. The van der Waals surface area contributed by atoms with Crippen molar-refractivity contribution in [1.82, 2.24) is 5.32 Å². The zero-order valence-corrected chi connectivity index (χ0v) is 6.35. The van der Waals surface area contributed by atoms with Crippen molar-refractivity contribution in [2.24, 2.45) is 0 Å². The van der Waals surface area contributed by atoms with Gasteiger partial charge in [-0.3, -0.25) is 4.79 Å². The summed E-state index contributed by atoms with van der Waals surface area (Å²) in [5.74, 6) is -0.207. The number of amides is 1. The molecule has 3 heteroatoms. The second kappa shape index (κ2) is 4.06. The fraction of sp³-hybridized carbons (Fsp3) is 0.571. The number of hydrogen-bond acceptors (Lipinski definition) is 2. The average Bonchev–Trinajstić information content (AvgIpc) is 1.87. The summed E-state index contributed by atoms with van der Waals surface area (Å²) in [6.07, 6.45) is 0. The summed E-state index contributed by atoms with van der Waals surface area (Å²) in [5, 5.41) is 11.1. The maximum absolute atomic E-state index is 10.8. The van der Waals surface area contributed by atoms with Crippen LogP contribution in [0.15, 0.2) is 12.2 Å². The standard InChI is InChI=1S/C7H13NO2/c1-5(2)7(10)8-6(3)4-9/h6,9H,1,4H2,2-3H3,(H,8,10)/t6-/m0/s1. The molecule has 0 bridgehead atoms. The van der Waals surface area contributed by atoms with Gasteiger partial charge in [-0.1, -0.05) is 6.58 Å². The van der Waals surface area contributed by atoms with E-state index in [0.717, 1.165) is 0 Å². The molecule has 0 saturated heterocycles.